The molecule has 1 aliphatic rings. The first-order valence-electron chi connectivity index (χ1n) is 5.70. The van der Waals surface area contributed by atoms with Gasteiger partial charge in [-0.15, -0.1) is 0 Å². The van der Waals surface area contributed by atoms with E-state index < -0.39 is 0 Å². The molecular formula is C11H23NO2. The van der Waals surface area contributed by atoms with Crippen molar-refractivity contribution in [1.82, 2.24) is 5.32 Å². The van der Waals surface area contributed by atoms with Crippen LogP contribution in [0, 0.1) is 0 Å². The highest BCUT2D eigenvalue weighted by molar-refractivity contribution is 4.92. The summed E-state index contributed by atoms with van der Waals surface area (Å²) in [6.07, 6.45) is 2.02. The summed E-state index contributed by atoms with van der Waals surface area (Å²) in [5.74, 6) is 0. The molecule has 84 valence electrons. The smallest absolute Gasteiger partial charge is 0.0875 e. The van der Waals surface area contributed by atoms with Gasteiger partial charge in [-0.1, -0.05) is 6.92 Å². The molecule has 0 amide bonds. The number of hydrogen-bond acceptors (Lipinski definition) is 3. The summed E-state index contributed by atoms with van der Waals surface area (Å²) in [6, 6.07) is 0.413. The van der Waals surface area contributed by atoms with E-state index >= 15 is 0 Å². The number of nitrogens with one attached hydrogen (secondary N) is 1. The van der Waals surface area contributed by atoms with Crippen LogP contribution in [-0.2, 0) is 9.47 Å². The van der Waals surface area contributed by atoms with Crippen LogP contribution in [0.25, 0.3) is 0 Å². The molecule has 1 unspecified atom stereocenters. The summed E-state index contributed by atoms with van der Waals surface area (Å²) in [5, 5.41) is 3.46. The van der Waals surface area contributed by atoms with Gasteiger partial charge < -0.3 is 14.8 Å². The Morgan fingerprint density at radius 1 is 1.36 bits per heavy atom. The van der Waals surface area contributed by atoms with Crippen LogP contribution in [0.3, 0.4) is 0 Å². The van der Waals surface area contributed by atoms with Crippen LogP contribution in [0.4, 0.5) is 0 Å². The van der Waals surface area contributed by atoms with Crippen molar-refractivity contribution in [2.75, 3.05) is 26.4 Å². The van der Waals surface area contributed by atoms with Gasteiger partial charge in [-0.25, -0.2) is 0 Å². The molecule has 1 heterocycles. The Bertz CT molecular complexity index is 150. The molecule has 0 radical (unpaired) electrons. The topological polar surface area (TPSA) is 30.5 Å². The third kappa shape index (κ3) is 2.69. The normalized spacial score (nSPS) is 23.4. The van der Waals surface area contributed by atoms with E-state index in [1.807, 2.05) is 0 Å². The highest BCUT2D eigenvalue weighted by Gasteiger charge is 2.38. The molecule has 0 saturated carbocycles. The Hall–Kier alpha value is -0.120. The van der Waals surface area contributed by atoms with Gasteiger partial charge in [0.05, 0.1) is 5.60 Å². The molecule has 0 aromatic carbocycles. The minimum atomic E-state index is 0.00299. The van der Waals surface area contributed by atoms with E-state index in [1.54, 1.807) is 0 Å². The van der Waals surface area contributed by atoms with E-state index in [-0.39, 0.29) is 5.60 Å². The maximum absolute atomic E-state index is 5.94. The van der Waals surface area contributed by atoms with Gasteiger partial charge in [0.1, 0.15) is 0 Å². The molecule has 0 aliphatic carbocycles. The fourth-order valence-electron chi connectivity index (χ4n) is 2.20. The molecule has 1 fully saturated rings. The summed E-state index contributed by atoms with van der Waals surface area (Å²) >= 11 is 0. The van der Waals surface area contributed by atoms with Crippen molar-refractivity contribution in [1.29, 1.82) is 0 Å². The molecule has 14 heavy (non-hydrogen) atoms. The van der Waals surface area contributed by atoms with Crippen molar-refractivity contribution < 1.29 is 9.47 Å². The third-order valence-corrected chi connectivity index (χ3v) is 3.07. The first kappa shape index (κ1) is 12.0. The SMILES string of the molecule is CCNC(C)C1(OCC)CCOCC1. The van der Waals surface area contributed by atoms with Crippen LogP contribution < -0.4 is 5.32 Å². The molecular weight excluding hydrogens is 178 g/mol. The second-order valence-electron chi connectivity index (χ2n) is 3.89. The zero-order chi connectivity index (χ0) is 10.4. The molecule has 0 spiro atoms. The molecule has 1 atom stereocenters. The number of ether oxygens (including phenoxy) is 2. The van der Waals surface area contributed by atoms with Crippen molar-refractivity contribution >= 4 is 0 Å². The number of rotatable bonds is 5. The standard InChI is InChI=1S/C11H23NO2/c1-4-12-10(3)11(14-5-2)6-8-13-9-7-11/h10,12H,4-9H2,1-3H3. The van der Waals surface area contributed by atoms with Gasteiger partial charge in [0.15, 0.2) is 0 Å². The average Bonchev–Trinajstić information content (AvgIpc) is 2.20. The molecule has 1 N–H and O–H groups in total. The Balaban J connectivity index is 2.58. The lowest BCUT2D eigenvalue weighted by Gasteiger charge is -2.42. The van der Waals surface area contributed by atoms with Crippen LogP contribution >= 0.6 is 0 Å². The molecule has 3 heteroatoms. The van der Waals surface area contributed by atoms with E-state index in [0.717, 1.165) is 39.2 Å². The Morgan fingerprint density at radius 3 is 2.50 bits per heavy atom. The van der Waals surface area contributed by atoms with Crippen molar-refractivity contribution in [2.24, 2.45) is 0 Å². The first-order valence-corrected chi connectivity index (χ1v) is 5.70. The van der Waals surface area contributed by atoms with Gasteiger partial charge in [-0.3, -0.25) is 0 Å². The largest absolute Gasteiger partial charge is 0.381 e. The van der Waals surface area contributed by atoms with Crippen LogP contribution in [-0.4, -0.2) is 38.0 Å². The average molecular weight is 201 g/mol. The monoisotopic (exact) mass is 201 g/mol. The lowest BCUT2D eigenvalue weighted by atomic mass is 9.87. The van der Waals surface area contributed by atoms with Crippen molar-refractivity contribution in [3.8, 4) is 0 Å². The van der Waals surface area contributed by atoms with Gasteiger partial charge in [0, 0.05) is 38.7 Å². The zero-order valence-electron chi connectivity index (χ0n) is 9.64. The van der Waals surface area contributed by atoms with Crippen LogP contribution in [0.2, 0.25) is 0 Å². The molecule has 3 nitrogen and oxygen atoms in total. The molecule has 0 aromatic heterocycles. The van der Waals surface area contributed by atoms with Gasteiger partial charge >= 0.3 is 0 Å². The van der Waals surface area contributed by atoms with E-state index in [0.29, 0.717) is 6.04 Å². The van der Waals surface area contributed by atoms with E-state index in [1.165, 1.54) is 0 Å². The Kier molecular flexibility index (Phi) is 4.85. The van der Waals surface area contributed by atoms with Crippen molar-refractivity contribution in [3.63, 3.8) is 0 Å². The number of hydrogen-bond donors (Lipinski definition) is 1. The summed E-state index contributed by atoms with van der Waals surface area (Å²) in [5.41, 5.74) is 0.00299. The highest BCUT2D eigenvalue weighted by atomic mass is 16.5. The molecule has 1 aliphatic heterocycles. The van der Waals surface area contributed by atoms with Crippen molar-refractivity contribution in [2.45, 2.75) is 45.3 Å². The summed E-state index contributed by atoms with van der Waals surface area (Å²) in [4.78, 5) is 0. The predicted molar refractivity (Wildman–Crippen MR) is 57.5 cm³/mol. The minimum Gasteiger partial charge on any atom is -0.381 e. The van der Waals surface area contributed by atoms with Gasteiger partial charge in [0.2, 0.25) is 0 Å². The second kappa shape index (κ2) is 5.69. The van der Waals surface area contributed by atoms with E-state index in [4.69, 9.17) is 9.47 Å². The molecule has 0 bridgehead atoms. The summed E-state index contributed by atoms with van der Waals surface area (Å²) < 4.78 is 11.3. The zero-order valence-corrected chi connectivity index (χ0v) is 9.64. The molecule has 1 saturated heterocycles. The van der Waals surface area contributed by atoms with E-state index in [2.05, 4.69) is 26.1 Å². The fourth-order valence-corrected chi connectivity index (χ4v) is 2.20. The fraction of sp³-hybridized carbons (Fsp3) is 1.00. The lowest BCUT2D eigenvalue weighted by molar-refractivity contribution is -0.123. The quantitative estimate of drug-likeness (QED) is 0.732. The lowest BCUT2D eigenvalue weighted by Crippen LogP contribution is -2.54. The Morgan fingerprint density at radius 2 is 2.00 bits per heavy atom. The maximum atomic E-state index is 5.94. The van der Waals surface area contributed by atoms with Gasteiger partial charge in [-0.05, 0) is 20.4 Å². The van der Waals surface area contributed by atoms with Crippen molar-refractivity contribution in [3.05, 3.63) is 0 Å². The predicted octanol–water partition coefficient (Wildman–Crippen LogP) is 1.57. The second-order valence-corrected chi connectivity index (χ2v) is 3.89. The first-order chi connectivity index (χ1) is 6.75. The highest BCUT2D eigenvalue weighted by Crippen LogP contribution is 2.28. The van der Waals surface area contributed by atoms with Gasteiger partial charge in [0.25, 0.3) is 0 Å². The van der Waals surface area contributed by atoms with E-state index in [9.17, 15) is 0 Å². The molecule has 0 aromatic rings. The summed E-state index contributed by atoms with van der Waals surface area (Å²) in [6.45, 7) is 9.86. The molecule has 1 rings (SSSR count). The van der Waals surface area contributed by atoms with Crippen LogP contribution in [0.15, 0.2) is 0 Å². The summed E-state index contributed by atoms with van der Waals surface area (Å²) in [7, 11) is 0. The number of likely N-dealkylation sites (N-methyl/N-ethyl adjacent to an activating group) is 1. The van der Waals surface area contributed by atoms with Crippen LogP contribution in [0.5, 0.6) is 0 Å². The minimum absolute atomic E-state index is 0.00299. The van der Waals surface area contributed by atoms with Gasteiger partial charge in [-0.2, -0.15) is 0 Å². The third-order valence-electron chi connectivity index (χ3n) is 3.07. The van der Waals surface area contributed by atoms with Crippen LogP contribution in [0.1, 0.15) is 33.6 Å². The maximum Gasteiger partial charge on any atom is 0.0875 e. The Labute approximate surface area is 87.2 Å².